The topological polar surface area (TPSA) is 43.8 Å². The Bertz CT molecular complexity index is 349. The Balaban J connectivity index is 1.59. The number of hydrogen-bond acceptors (Lipinski definition) is 3. The summed E-state index contributed by atoms with van der Waals surface area (Å²) in [7, 11) is 2.27. The number of carboxylic acid groups (broad SMARTS) is 1. The Morgan fingerprint density at radius 1 is 1.11 bits per heavy atom. The van der Waals surface area contributed by atoms with E-state index < -0.39 is 11.4 Å². The van der Waals surface area contributed by atoms with Gasteiger partial charge >= 0.3 is 5.97 Å². The SMILES string of the molecule is CN1C2CCC1CC(N1CCC(C)(C(=O)O)CC1)C2. The third kappa shape index (κ3) is 2.29. The monoisotopic (exact) mass is 266 g/mol. The van der Waals surface area contributed by atoms with Gasteiger partial charge < -0.3 is 14.9 Å². The van der Waals surface area contributed by atoms with Gasteiger partial charge in [0.25, 0.3) is 0 Å². The molecule has 0 aliphatic carbocycles. The maximum Gasteiger partial charge on any atom is 0.309 e. The van der Waals surface area contributed by atoms with E-state index in [1.165, 1.54) is 25.7 Å². The van der Waals surface area contributed by atoms with Crippen LogP contribution in [0.5, 0.6) is 0 Å². The van der Waals surface area contributed by atoms with Gasteiger partial charge in [-0.15, -0.1) is 0 Å². The number of aliphatic carboxylic acids is 1. The Hall–Kier alpha value is -0.610. The summed E-state index contributed by atoms with van der Waals surface area (Å²) in [5.41, 5.74) is -0.485. The van der Waals surface area contributed by atoms with Gasteiger partial charge in [-0.3, -0.25) is 4.79 Å². The van der Waals surface area contributed by atoms with Crippen LogP contribution in [0.4, 0.5) is 0 Å². The van der Waals surface area contributed by atoms with E-state index in [0.29, 0.717) is 6.04 Å². The highest BCUT2D eigenvalue weighted by Crippen LogP contribution is 2.39. The maximum atomic E-state index is 11.3. The van der Waals surface area contributed by atoms with Crippen molar-refractivity contribution >= 4 is 5.97 Å². The summed E-state index contributed by atoms with van der Waals surface area (Å²) < 4.78 is 0. The van der Waals surface area contributed by atoms with Gasteiger partial charge in [0, 0.05) is 18.1 Å². The number of fused-ring (bicyclic) bond motifs is 2. The maximum absolute atomic E-state index is 11.3. The second-order valence-corrected chi connectivity index (χ2v) is 7.08. The first-order valence-corrected chi connectivity index (χ1v) is 7.69. The first-order chi connectivity index (χ1) is 8.99. The molecule has 108 valence electrons. The van der Waals surface area contributed by atoms with Crippen LogP contribution in [-0.4, -0.2) is 59.1 Å². The number of carboxylic acids is 1. The Morgan fingerprint density at radius 3 is 2.11 bits per heavy atom. The number of piperidine rings is 2. The summed E-state index contributed by atoms with van der Waals surface area (Å²) in [6, 6.07) is 2.25. The van der Waals surface area contributed by atoms with Crippen molar-refractivity contribution in [1.82, 2.24) is 9.80 Å². The molecule has 4 nitrogen and oxygen atoms in total. The molecule has 3 heterocycles. The molecule has 0 aromatic heterocycles. The zero-order chi connectivity index (χ0) is 13.6. The van der Waals surface area contributed by atoms with Crippen molar-refractivity contribution in [2.24, 2.45) is 5.41 Å². The van der Waals surface area contributed by atoms with E-state index in [-0.39, 0.29) is 0 Å². The van der Waals surface area contributed by atoms with Gasteiger partial charge in [0.2, 0.25) is 0 Å². The molecule has 4 heteroatoms. The fourth-order valence-electron chi connectivity index (χ4n) is 4.28. The molecule has 2 unspecified atom stereocenters. The molecular weight excluding hydrogens is 240 g/mol. The predicted molar refractivity (Wildman–Crippen MR) is 74.1 cm³/mol. The predicted octanol–water partition coefficient (Wildman–Crippen LogP) is 1.80. The standard InChI is InChI=1S/C15H26N2O2/c1-15(14(18)19)5-7-17(8-6-15)13-9-11-3-4-12(10-13)16(11)2/h11-13H,3-10H2,1-2H3,(H,18,19). The van der Waals surface area contributed by atoms with Gasteiger partial charge in [0.05, 0.1) is 5.41 Å². The second kappa shape index (κ2) is 4.74. The van der Waals surface area contributed by atoms with Gasteiger partial charge in [-0.25, -0.2) is 0 Å². The van der Waals surface area contributed by atoms with E-state index in [2.05, 4.69) is 16.8 Å². The summed E-state index contributed by atoms with van der Waals surface area (Å²) in [6.07, 6.45) is 6.91. The zero-order valence-corrected chi connectivity index (χ0v) is 12.1. The van der Waals surface area contributed by atoms with Crippen LogP contribution in [0.1, 0.15) is 45.4 Å². The molecular formula is C15H26N2O2. The Kier molecular flexibility index (Phi) is 3.34. The summed E-state index contributed by atoms with van der Waals surface area (Å²) in [5.74, 6) is -0.615. The first kappa shape index (κ1) is 13.4. The van der Waals surface area contributed by atoms with Crippen molar-refractivity contribution in [3.8, 4) is 0 Å². The molecule has 2 atom stereocenters. The smallest absolute Gasteiger partial charge is 0.309 e. The molecule has 19 heavy (non-hydrogen) atoms. The lowest BCUT2D eigenvalue weighted by Gasteiger charge is -2.45. The number of carbonyl (C=O) groups is 1. The number of likely N-dealkylation sites (tertiary alicyclic amines) is 1. The van der Waals surface area contributed by atoms with E-state index in [9.17, 15) is 9.90 Å². The molecule has 0 saturated carbocycles. The minimum Gasteiger partial charge on any atom is -0.481 e. The average molecular weight is 266 g/mol. The van der Waals surface area contributed by atoms with Crippen molar-refractivity contribution in [3.05, 3.63) is 0 Å². The van der Waals surface area contributed by atoms with Gasteiger partial charge in [-0.1, -0.05) is 0 Å². The summed E-state index contributed by atoms with van der Waals surface area (Å²) >= 11 is 0. The Morgan fingerprint density at radius 2 is 1.63 bits per heavy atom. The molecule has 0 radical (unpaired) electrons. The molecule has 3 rings (SSSR count). The third-order valence-electron chi connectivity index (χ3n) is 6.01. The van der Waals surface area contributed by atoms with Crippen LogP contribution in [0.3, 0.4) is 0 Å². The lowest BCUT2D eigenvalue weighted by molar-refractivity contribution is -0.151. The molecule has 3 aliphatic heterocycles. The summed E-state index contributed by atoms with van der Waals surface area (Å²) in [4.78, 5) is 16.4. The second-order valence-electron chi connectivity index (χ2n) is 7.08. The van der Waals surface area contributed by atoms with Crippen molar-refractivity contribution in [2.75, 3.05) is 20.1 Å². The largest absolute Gasteiger partial charge is 0.481 e. The van der Waals surface area contributed by atoms with Crippen LogP contribution in [0.2, 0.25) is 0 Å². The highest BCUT2D eigenvalue weighted by molar-refractivity contribution is 5.74. The minimum atomic E-state index is -0.615. The van der Waals surface area contributed by atoms with Crippen molar-refractivity contribution in [3.63, 3.8) is 0 Å². The molecule has 2 bridgehead atoms. The molecule has 0 spiro atoms. The lowest BCUT2D eigenvalue weighted by atomic mass is 9.79. The summed E-state index contributed by atoms with van der Waals surface area (Å²) in [6.45, 7) is 3.85. The molecule has 3 aliphatic rings. The number of rotatable bonds is 2. The highest BCUT2D eigenvalue weighted by atomic mass is 16.4. The van der Waals surface area contributed by atoms with Gasteiger partial charge in [-0.2, -0.15) is 0 Å². The molecule has 1 N–H and O–H groups in total. The zero-order valence-electron chi connectivity index (χ0n) is 12.1. The van der Waals surface area contributed by atoms with Crippen molar-refractivity contribution in [2.45, 2.75) is 63.6 Å². The van der Waals surface area contributed by atoms with Crippen molar-refractivity contribution < 1.29 is 9.90 Å². The van der Waals surface area contributed by atoms with Crippen LogP contribution in [-0.2, 0) is 4.79 Å². The van der Waals surface area contributed by atoms with Gasteiger partial charge in [0.1, 0.15) is 0 Å². The lowest BCUT2D eigenvalue weighted by Crippen LogP contribution is -2.52. The van der Waals surface area contributed by atoms with Gasteiger partial charge in [-0.05, 0) is 65.6 Å². The highest BCUT2D eigenvalue weighted by Gasteiger charge is 2.43. The van der Waals surface area contributed by atoms with Crippen LogP contribution < -0.4 is 0 Å². The minimum absolute atomic E-state index is 0.485. The van der Waals surface area contributed by atoms with Crippen LogP contribution in [0, 0.1) is 5.41 Å². The first-order valence-electron chi connectivity index (χ1n) is 7.69. The molecule has 3 fully saturated rings. The molecule has 0 amide bonds. The summed E-state index contributed by atoms with van der Waals surface area (Å²) in [5, 5.41) is 9.30. The van der Waals surface area contributed by atoms with Crippen LogP contribution in [0.25, 0.3) is 0 Å². The van der Waals surface area contributed by atoms with E-state index in [4.69, 9.17) is 0 Å². The molecule has 0 aromatic carbocycles. The van der Waals surface area contributed by atoms with Crippen LogP contribution >= 0.6 is 0 Å². The number of nitrogens with zero attached hydrogens (tertiary/aromatic N) is 2. The van der Waals surface area contributed by atoms with Gasteiger partial charge in [0.15, 0.2) is 0 Å². The van der Waals surface area contributed by atoms with E-state index in [0.717, 1.165) is 38.0 Å². The Labute approximate surface area is 115 Å². The fraction of sp³-hybridized carbons (Fsp3) is 0.933. The molecule has 3 saturated heterocycles. The van der Waals surface area contributed by atoms with Crippen molar-refractivity contribution in [1.29, 1.82) is 0 Å². The van der Waals surface area contributed by atoms with E-state index in [1.807, 2.05) is 6.92 Å². The van der Waals surface area contributed by atoms with E-state index in [1.54, 1.807) is 0 Å². The third-order valence-corrected chi connectivity index (χ3v) is 6.01. The average Bonchev–Trinajstić information content (AvgIpc) is 2.62. The fourth-order valence-corrected chi connectivity index (χ4v) is 4.28. The molecule has 0 aromatic rings. The van der Waals surface area contributed by atoms with Crippen LogP contribution in [0.15, 0.2) is 0 Å². The van der Waals surface area contributed by atoms with E-state index >= 15 is 0 Å². The normalized spacial score (nSPS) is 39.4. The quantitative estimate of drug-likeness (QED) is 0.827. The number of hydrogen-bond donors (Lipinski definition) is 1.